The van der Waals surface area contributed by atoms with Crippen LogP contribution in [-0.4, -0.2) is 36.0 Å². The van der Waals surface area contributed by atoms with E-state index in [9.17, 15) is 0 Å². The van der Waals surface area contributed by atoms with Crippen molar-refractivity contribution in [1.82, 2.24) is 0 Å². The Morgan fingerprint density at radius 2 is 2.38 bits per heavy atom. The number of halogens is 1. The first kappa shape index (κ1) is 8.37. The molecular weight excluding hydrogens is 192 g/mol. The highest BCUT2D eigenvalue weighted by molar-refractivity contribution is 6.67. The molecule has 2 rings (SSSR count). The number of hydrogen-bond donors (Lipinski definition) is 0. The number of rotatable bonds is 1. The number of nitrogens with zero attached hydrogens (tertiary/aromatic N) is 4. The minimum atomic E-state index is -0.289. The van der Waals surface area contributed by atoms with Crippen molar-refractivity contribution >= 4 is 35.0 Å². The molecule has 0 aromatic carbocycles. The van der Waals surface area contributed by atoms with E-state index in [4.69, 9.17) is 16.3 Å². The maximum absolute atomic E-state index is 5.66. The van der Waals surface area contributed by atoms with Crippen molar-refractivity contribution in [2.45, 2.75) is 13.0 Å². The molecule has 1 unspecified atom stereocenters. The topological polar surface area (TPSA) is 58.7 Å². The van der Waals surface area contributed by atoms with Crippen LogP contribution in [-0.2, 0) is 4.74 Å². The lowest BCUT2D eigenvalue weighted by Gasteiger charge is -2.14. The van der Waals surface area contributed by atoms with Gasteiger partial charge in [-0.05, 0) is 18.5 Å². The quantitative estimate of drug-likeness (QED) is 0.576. The first-order valence-corrected chi connectivity index (χ1v) is 4.24. The van der Waals surface area contributed by atoms with Crippen molar-refractivity contribution in [3.05, 3.63) is 0 Å². The lowest BCUT2D eigenvalue weighted by molar-refractivity contribution is 0.318. The molecule has 0 aliphatic carbocycles. The zero-order valence-electron chi connectivity index (χ0n) is 6.94. The van der Waals surface area contributed by atoms with Crippen molar-refractivity contribution in [3.8, 4) is 0 Å². The lowest BCUT2D eigenvalue weighted by atomic mass is 10.3. The second-order valence-corrected chi connectivity index (χ2v) is 2.76. The van der Waals surface area contributed by atoms with Crippen molar-refractivity contribution in [1.29, 1.82) is 0 Å². The van der Waals surface area contributed by atoms with Gasteiger partial charge >= 0.3 is 0 Å². The Morgan fingerprint density at radius 3 is 3.15 bits per heavy atom. The van der Waals surface area contributed by atoms with Gasteiger partial charge in [0.05, 0.1) is 6.61 Å². The van der Waals surface area contributed by atoms with E-state index in [1.165, 1.54) is 6.34 Å². The van der Waals surface area contributed by atoms with Crippen LogP contribution in [0, 0.1) is 0 Å². The molecule has 13 heavy (non-hydrogen) atoms. The van der Waals surface area contributed by atoms with Gasteiger partial charge in [-0.25, -0.2) is 4.99 Å². The zero-order chi connectivity index (χ0) is 9.26. The van der Waals surface area contributed by atoms with E-state index in [1.807, 2.05) is 6.92 Å². The second kappa shape index (κ2) is 3.26. The third kappa shape index (κ3) is 1.47. The summed E-state index contributed by atoms with van der Waals surface area (Å²) in [7, 11) is 0. The Hall–Kier alpha value is -1.23. The van der Waals surface area contributed by atoms with Crippen molar-refractivity contribution in [3.63, 3.8) is 0 Å². The van der Waals surface area contributed by atoms with E-state index in [0.717, 1.165) is 0 Å². The number of aliphatic imine (C=N–C) groups is 4. The molecule has 0 spiro atoms. The minimum Gasteiger partial charge on any atom is -0.479 e. The first-order chi connectivity index (χ1) is 6.31. The molecular formula is C7H7ClN4O. The fourth-order valence-corrected chi connectivity index (χ4v) is 1.26. The summed E-state index contributed by atoms with van der Waals surface area (Å²) < 4.78 is 5.26. The summed E-state index contributed by atoms with van der Waals surface area (Å²) >= 11 is 5.66. The standard InChI is InChI=1S/C7H7ClN4O/c1-2-13-6-4-5(10-3-9-4)11-7(8)12-6/h3-4H,2H2,1H3. The van der Waals surface area contributed by atoms with Gasteiger partial charge in [-0.15, -0.1) is 0 Å². The first-order valence-electron chi connectivity index (χ1n) is 3.86. The molecule has 1 atom stereocenters. The molecule has 0 saturated carbocycles. The molecule has 6 heteroatoms. The molecule has 0 N–H and O–H groups in total. The highest BCUT2D eigenvalue weighted by atomic mass is 35.5. The van der Waals surface area contributed by atoms with Gasteiger partial charge in [-0.3, -0.25) is 4.99 Å². The molecule has 0 saturated heterocycles. The molecule has 2 aliphatic heterocycles. The fraction of sp³-hybridized carbons (Fsp3) is 0.429. The van der Waals surface area contributed by atoms with E-state index in [1.54, 1.807) is 0 Å². The summed E-state index contributed by atoms with van der Waals surface area (Å²) in [5, 5.41) is 0.143. The van der Waals surface area contributed by atoms with Gasteiger partial charge in [-0.2, -0.15) is 9.98 Å². The SMILES string of the molecule is CCOC1=NC(Cl)=NC2=NC=NC21. The summed E-state index contributed by atoms with van der Waals surface area (Å²) in [6.07, 6.45) is 1.44. The normalized spacial score (nSPS) is 24.8. The van der Waals surface area contributed by atoms with Crippen LogP contribution in [0.4, 0.5) is 0 Å². The van der Waals surface area contributed by atoms with Gasteiger partial charge in [-0.1, -0.05) is 0 Å². The van der Waals surface area contributed by atoms with Crippen LogP contribution in [0.1, 0.15) is 6.92 Å². The predicted molar refractivity (Wildman–Crippen MR) is 52.1 cm³/mol. The molecule has 0 aromatic heterocycles. The van der Waals surface area contributed by atoms with Crippen LogP contribution in [0.5, 0.6) is 0 Å². The molecule has 2 aliphatic rings. The Balaban J connectivity index is 2.30. The minimum absolute atomic E-state index is 0.143. The number of ether oxygens (including phenoxy) is 1. The maximum Gasteiger partial charge on any atom is 0.227 e. The Kier molecular flexibility index (Phi) is 2.10. The largest absolute Gasteiger partial charge is 0.479 e. The van der Waals surface area contributed by atoms with E-state index in [2.05, 4.69) is 20.0 Å². The van der Waals surface area contributed by atoms with E-state index >= 15 is 0 Å². The van der Waals surface area contributed by atoms with Crippen molar-refractivity contribution in [2.24, 2.45) is 20.0 Å². The van der Waals surface area contributed by atoms with Gasteiger partial charge in [0.25, 0.3) is 0 Å². The average Bonchev–Trinajstić information content (AvgIpc) is 2.52. The lowest BCUT2D eigenvalue weighted by Crippen LogP contribution is -2.31. The van der Waals surface area contributed by atoms with Gasteiger partial charge in [0, 0.05) is 0 Å². The average molecular weight is 199 g/mol. The molecule has 0 aromatic rings. The summed E-state index contributed by atoms with van der Waals surface area (Å²) in [4.78, 5) is 15.8. The number of hydrogen-bond acceptors (Lipinski definition) is 5. The molecule has 0 bridgehead atoms. The monoisotopic (exact) mass is 198 g/mol. The molecule has 0 radical (unpaired) electrons. The second-order valence-electron chi connectivity index (χ2n) is 2.42. The van der Waals surface area contributed by atoms with Crippen LogP contribution in [0.3, 0.4) is 0 Å². The third-order valence-corrected chi connectivity index (χ3v) is 1.75. The highest BCUT2D eigenvalue weighted by Gasteiger charge is 2.29. The van der Waals surface area contributed by atoms with E-state index in [-0.39, 0.29) is 11.3 Å². The molecule has 68 valence electrons. The van der Waals surface area contributed by atoms with Gasteiger partial charge < -0.3 is 4.74 Å². The van der Waals surface area contributed by atoms with Crippen LogP contribution >= 0.6 is 11.6 Å². The van der Waals surface area contributed by atoms with Crippen LogP contribution in [0.25, 0.3) is 0 Å². The zero-order valence-corrected chi connectivity index (χ0v) is 7.69. The maximum atomic E-state index is 5.66. The predicted octanol–water partition coefficient (Wildman–Crippen LogP) is 0.839. The number of fused-ring (bicyclic) bond motifs is 1. The van der Waals surface area contributed by atoms with Gasteiger partial charge in [0.15, 0.2) is 11.9 Å². The van der Waals surface area contributed by atoms with Crippen LogP contribution in [0.2, 0.25) is 0 Å². The fourth-order valence-electron chi connectivity index (χ4n) is 1.09. The summed E-state index contributed by atoms with van der Waals surface area (Å²) in [6, 6.07) is -0.289. The van der Waals surface area contributed by atoms with E-state index in [0.29, 0.717) is 18.3 Å². The molecule has 2 heterocycles. The third-order valence-electron chi connectivity index (χ3n) is 1.59. The summed E-state index contributed by atoms with van der Waals surface area (Å²) in [5.74, 6) is 1.01. The van der Waals surface area contributed by atoms with E-state index < -0.39 is 0 Å². The van der Waals surface area contributed by atoms with Crippen LogP contribution in [0.15, 0.2) is 20.0 Å². The molecule has 0 fully saturated rings. The summed E-state index contributed by atoms with van der Waals surface area (Å²) in [6.45, 7) is 2.40. The molecule has 0 amide bonds. The highest BCUT2D eigenvalue weighted by Crippen LogP contribution is 2.13. The number of amidine groups is 2. The Labute approximate surface area is 79.9 Å². The van der Waals surface area contributed by atoms with Gasteiger partial charge in [0.1, 0.15) is 6.34 Å². The molecule has 5 nitrogen and oxygen atoms in total. The Bertz CT molecular complexity index is 344. The smallest absolute Gasteiger partial charge is 0.227 e. The van der Waals surface area contributed by atoms with Crippen LogP contribution < -0.4 is 0 Å². The Morgan fingerprint density at radius 1 is 1.54 bits per heavy atom. The van der Waals surface area contributed by atoms with Gasteiger partial charge in [0.2, 0.25) is 11.2 Å². The van der Waals surface area contributed by atoms with Crippen molar-refractivity contribution < 1.29 is 4.74 Å². The summed E-state index contributed by atoms with van der Waals surface area (Å²) in [5.41, 5.74) is 0. The van der Waals surface area contributed by atoms with Crippen molar-refractivity contribution in [2.75, 3.05) is 6.61 Å².